The smallest absolute Gasteiger partial charge is 0.177 e. The molecule has 0 fully saturated rings. The molecule has 21 heavy (non-hydrogen) atoms. The molecule has 0 aliphatic heterocycles. The topological polar surface area (TPSA) is 12.9 Å². The molecule has 0 bridgehead atoms. The van der Waals surface area contributed by atoms with Crippen molar-refractivity contribution in [2.45, 2.75) is 74.1 Å². The van der Waals surface area contributed by atoms with Gasteiger partial charge in [-0.1, -0.05) is 55.4 Å². The maximum atomic E-state index is 13.4. The highest BCUT2D eigenvalue weighted by molar-refractivity contribution is 7.17. The lowest BCUT2D eigenvalue weighted by Crippen LogP contribution is -2.17. The SMILES string of the molecule is CC.CC.CCc1c(C(C)(C)C)nc(C)c2sc(F)cc12. The number of pyridine rings is 1. The van der Waals surface area contributed by atoms with Crippen LogP contribution in [0.4, 0.5) is 4.39 Å². The van der Waals surface area contributed by atoms with Crippen molar-refractivity contribution in [2.24, 2.45) is 0 Å². The van der Waals surface area contributed by atoms with Gasteiger partial charge >= 0.3 is 0 Å². The molecule has 0 saturated carbocycles. The van der Waals surface area contributed by atoms with Crippen molar-refractivity contribution in [3.63, 3.8) is 0 Å². The van der Waals surface area contributed by atoms with Gasteiger partial charge in [0, 0.05) is 16.5 Å². The van der Waals surface area contributed by atoms with E-state index in [1.54, 1.807) is 6.07 Å². The van der Waals surface area contributed by atoms with Gasteiger partial charge in [-0.3, -0.25) is 4.98 Å². The van der Waals surface area contributed by atoms with E-state index >= 15 is 0 Å². The second-order valence-corrected chi connectivity index (χ2v) is 6.42. The Morgan fingerprint density at radius 2 is 1.67 bits per heavy atom. The predicted octanol–water partition coefficient (Wildman–Crippen LogP) is 6.66. The van der Waals surface area contributed by atoms with Crippen LogP contribution < -0.4 is 0 Å². The molecule has 0 saturated heterocycles. The molecule has 2 aromatic heterocycles. The second-order valence-electron chi connectivity index (χ2n) is 5.42. The normalized spacial score (nSPS) is 10.6. The van der Waals surface area contributed by atoms with Crippen molar-refractivity contribution < 1.29 is 4.39 Å². The van der Waals surface area contributed by atoms with Gasteiger partial charge in [0.2, 0.25) is 0 Å². The number of aryl methyl sites for hydroxylation is 2. The van der Waals surface area contributed by atoms with E-state index in [4.69, 9.17) is 4.98 Å². The molecule has 2 heterocycles. The van der Waals surface area contributed by atoms with Crippen molar-refractivity contribution >= 4 is 21.4 Å². The van der Waals surface area contributed by atoms with Crippen LogP contribution in [0.5, 0.6) is 0 Å². The molecule has 2 aromatic rings. The van der Waals surface area contributed by atoms with Gasteiger partial charge < -0.3 is 0 Å². The summed E-state index contributed by atoms with van der Waals surface area (Å²) >= 11 is 1.20. The van der Waals surface area contributed by atoms with Crippen LogP contribution in [-0.4, -0.2) is 4.98 Å². The van der Waals surface area contributed by atoms with E-state index in [1.165, 1.54) is 16.9 Å². The summed E-state index contributed by atoms with van der Waals surface area (Å²) in [4.78, 5) is 4.70. The number of hydrogen-bond donors (Lipinski definition) is 0. The number of hydrogen-bond acceptors (Lipinski definition) is 2. The Bertz CT molecular complexity index is 565. The number of aromatic nitrogens is 1. The first-order chi connectivity index (χ1) is 9.84. The Balaban J connectivity index is 0.000000921. The molecular weight excluding hydrogens is 281 g/mol. The number of fused-ring (bicyclic) bond motifs is 1. The Labute approximate surface area is 133 Å². The molecule has 0 aromatic carbocycles. The maximum Gasteiger partial charge on any atom is 0.177 e. The van der Waals surface area contributed by atoms with Gasteiger partial charge in [-0.25, -0.2) is 0 Å². The van der Waals surface area contributed by atoms with Gasteiger partial charge in [0.05, 0.1) is 10.4 Å². The molecule has 0 spiro atoms. The van der Waals surface area contributed by atoms with Crippen LogP contribution >= 0.6 is 11.3 Å². The van der Waals surface area contributed by atoms with Crippen LogP contribution in [0.25, 0.3) is 10.1 Å². The van der Waals surface area contributed by atoms with Crippen LogP contribution in [0, 0.1) is 12.1 Å². The summed E-state index contributed by atoms with van der Waals surface area (Å²) in [6.45, 7) is 18.5. The van der Waals surface area contributed by atoms with E-state index in [1.807, 2.05) is 34.6 Å². The minimum Gasteiger partial charge on any atom is -0.256 e. The third-order valence-corrected chi connectivity index (χ3v) is 4.02. The summed E-state index contributed by atoms with van der Waals surface area (Å²) in [5.41, 5.74) is 3.24. The Hall–Kier alpha value is -0.960. The number of thiophene rings is 1. The zero-order valence-corrected chi connectivity index (χ0v) is 15.8. The Morgan fingerprint density at radius 3 is 2.10 bits per heavy atom. The maximum absolute atomic E-state index is 13.4. The first kappa shape index (κ1) is 20.0. The summed E-state index contributed by atoms with van der Waals surface area (Å²) in [7, 11) is 0. The van der Waals surface area contributed by atoms with Gasteiger partial charge in [-0.05, 0) is 25.0 Å². The van der Waals surface area contributed by atoms with E-state index in [0.717, 1.165) is 27.9 Å². The fourth-order valence-electron chi connectivity index (χ4n) is 2.25. The monoisotopic (exact) mass is 311 g/mol. The molecule has 0 N–H and O–H groups in total. The zero-order chi connectivity index (χ0) is 16.8. The molecule has 1 nitrogen and oxygen atoms in total. The minimum atomic E-state index is -0.120. The van der Waals surface area contributed by atoms with Gasteiger partial charge in [-0.15, -0.1) is 11.3 Å². The first-order valence-corrected chi connectivity index (χ1v) is 8.75. The van der Waals surface area contributed by atoms with E-state index in [2.05, 4.69) is 27.7 Å². The Morgan fingerprint density at radius 1 is 1.14 bits per heavy atom. The number of nitrogens with zero attached hydrogens (tertiary/aromatic N) is 1. The van der Waals surface area contributed by atoms with Crippen molar-refractivity contribution in [2.75, 3.05) is 0 Å². The number of rotatable bonds is 1. The molecule has 0 aliphatic carbocycles. The summed E-state index contributed by atoms with van der Waals surface area (Å²) in [6.07, 6.45) is 0.895. The highest BCUT2D eigenvalue weighted by atomic mass is 32.1. The lowest BCUT2D eigenvalue weighted by Gasteiger charge is -2.22. The van der Waals surface area contributed by atoms with Gasteiger partial charge in [0.1, 0.15) is 0 Å². The molecule has 0 atom stereocenters. The molecule has 0 aliphatic rings. The Kier molecular flexibility index (Phi) is 8.09. The highest BCUT2D eigenvalue weighted by Crippen LogP contribution is 2.35. The average Bonchev–Trinajstić information content (AvgIpc) is 2.84. The average molecular weight is 312 g/mol. The van der Waals surface area contributed by atoms with E-state index in [9.17, 15) is 4.39 Å². The summed E-state index contributed by atoms with van der Waals surface area (Å²) < 4.78 is 14.4. The fourth-order valence-corrected chi connectivity index (χ4v) is 3.10. The summed E-state index contributed by atoms with van der Waals surface area (Å²) in [6, 6.07) is 1.66. The van der Waals surface area contributed by atoms with Crippen molar-refractivity contribution in [3.8, 4) is 0 Å². The van der Waals surface area contributed by atoms with Crippen LogP contribution in [0.15, 0.2) is 6.07 Å². The summed E-state index contributed by atoms with van der Waals surface area (Å²) in [5.74, 6) is 0. The standard InChI is InChI=1S/C14H18FNS.2C2H6/c1-6-9-10-7-11(15)17-12(10)8(2)16-13(9)14(3,4)5;2*1-2/h7H,6H2,1-5H3;2*1-2H3. The van der Waals surface area contributed by atoms with Crippen molar-refractivity contribution in [1.29, 1.82) is 0 Å². The molecule has 120 valence electrons. The first-order valence-electron chi connectivity index (χ1n) is 7.93. The van der Waals surface area contributed by atoms with Gasteiger partial charge in [0.25, 0.3) is 0 Å². The zero-order valence-electron chi connectivity index (χ0n) is 15.0. The van der Waals surface area contributed by atoms with Crippen molar-refractivity contribution in [1.82, 2.24) is 4.98 Å². The predicted molar refractivity (Wildman–Crippen MR) is 95.1 cm³/mol. The molecule has 2 rings (SSSR count). The third-order valence-electron chi connectivity index (χ3n) is 2.99. The minimum absolute atomic E-state index is 0.00268. The van der Waals surface area contributed by atoms with Crippen LogP contribution in [0.2, 0.25) is 0 Å². The lowest BCUT2D eigenvalue weighted by molar-refractivity contribution is 0.561. The van der Waals surface area contributed by atoms with E-state index in [0.29, 0.717) is 0 Å². The quantitative estimate of drug-likeness (QED) is 0.574. The van der Waals surface area contributed by atoms with Gasteiger partial charge in [-0.2, -0.15) is 4.39 Å². The highest BCUT2D eigenvalue weighted by Gasteiger charge is 2.23. The molecule has 0 unspecified atom stereocenters. The van der Waals surface area contributed by atoms with Gasteiger partial charge in [0.15, 0.2) is 5.13 Å². The lowest BCUT2D eigenvalue weighted by atomic mass is 9.86. The largest absolute Gasteiger partial charge is 0.256 e. The summed E-state index contributed by atoms with van der Waals surface area (Å²) in [5, 5.41) is 0.929. The fraction of sp³-hybridized carbons (Fsp3) is 0.611. The van der Waals surface area contributed by atoms with Crippen molar-refractivity contribution in [3.05, 3.63) is 28.1 Å². The molecule has 0 radical (unpaired) electrons. The molecule has 3 heteroatoms. The third kappa shape index (κ3) is 4.50. The van der Waals surface area contributed by atoms with E-state index in [-0.39, 0.29) is 10.5 Å². The number of halogens is 1. The second kappa shape index (κ2) is 8.47. The van der Waals surface area contributed by atoms with Crippen LogP contribution in [-0.2, 0) is 11.8 Å². The van der Waals surface area contributed by atoms with E-state index < -0.39 is 0 Å². The van der Waals surface area contributed by atoms with Crippen LogP contribution in [0.3, 0.4) is 0 Å². The molecule has 0 amide bonds. The van der Waals surface area contributed by atoms with Crippen LogP contribution in [0.1, 0.15) is 72.3 Å². The molecular formula is C18H30FNS.